The molecular formula is C26H25ClN6O4. The molecular weight excluding hydrogens is 496 g/mol. The van der Waals surface area contributed by atoms with E-state index in [9.17, 15) is 9.59 Å². The Morgan fingerprint density at radius 3 is 2.62 bits per heavy atom. The quantitative estimate of drug-likeness (QED) is 0.366. The van der Waals surface area contributed by atoms with E-state index >= 15 is 0 Å². The van der Waals surface area contributed by atoms with Crippen molar-refractivity contribution in [3.05, 3.63) is 80.9 Å². The first-order valence-corrected chi connectivity index (χ1v) is 12.1. The molecule has 0 saturated carbocycles. The number of hydrogen-bond acceptors (Lipinski definition) is 8. The number of aryl methyl sites for hydroxylation is 1. The van der Waals surface area contributed by atoms with Crippen LogP contribution < -0.4 is 20.5 Å². The molecule has 37 heavy (non-hydrogen) atoms. The van der Waals surface area contributed by atoms with Gasteiger partial charge in [0.2, 0.25) is 11.9 Å². The number of anilines is 2. The number of nitrogens with one attached hydrogen (secondary N) is 2. The summed E-state index contributed by atoms with van der Waals surface area (Å²) in [7, 11) is 1.51. The van der Waals surface area contributed by atoms with Crippen molar-refractivity contribution in [2.45, 2.75) is 39.0 Å². The Morgan fingerprint density at radius 2 is 1.89 bits per heavy atom. The minimum absolute atomic E-state index is 0.164. The highest BCUT2D eigenvalue weighted by atomic mass is 35.5. The fourth-order valence-electron chi connectivity index (χ4n) is 4.49. The first kappa shape index (κ1) is 24.5. The van der Waals surface area contributed by atoms with Crippen LogP contribution in [0, 0.1) is 6.92 Å². The Labute approximate surface area is 217 Å². The van der Waals surface area contributed by atoms with Crippen LogP contribution in [0.25, 0.3) is 10.9 Å². The molecule has 0 bridgehead atoms. The summed E-state index contributed by atoms with van der Waals surface area (Å²) < 4.78 is 10.7. The minimum Gasteiger partial charge on any atom is -0.495 e. The first-order valence-electron chi connectivity index (χ1n) is 11.7. The number of hydrogen-bond donors (Lipinski definition) is 2. The van der Waals surface area contributed by atoms with Gasteiger partial charge in [-0.2, -0.15) is 15.0 Å². The minimum atomic E-state index is -0.538. The highest BCUT2D eigenvalue weighted by molar-refractivity contribution is 6.32. The Balaban J connectivity index is 1.47. The molecule has 1 aliphatic heterocycles. The molecule has 3 atom stereocenters. The zero-order chi connectivity index (χ0) is 26.3. The zero-order valence-corrected chi connectivity index (χ0v) is 21.4. The number of methoxy groups -OCH3 is 1. The average Bonchev–Trinajstić information content (AvgIpc) is 3.17. The van der Waals surface area contributed by atoms with Crippen molar-refractivity contribution in [2.75, 3.05) is 17.3 Å². The average molecular weight is 521 g/mol. The van der Waals surface area contributed by atoms with E-state index in [1.807, 2.05) is 44.2 Å². The molecule has 11 heteroatoms. The third-order valence-corrected chi connectivity index (χ3v) is 6.55. The summed E-state index contributed by atoms with van der Waals surface area (Å²) in [4.78, 5) is 43.3. The molecule has 1 saturated heterocycles. The van der Waals surface area contributed by atoms with E-state index in [0.29, 0.717) is 27.7 Å². The number of nitrogens with zero attached hydrogens (tertiary/aromatic N) is 4. The lowest BCUT2D eigenvalue weighted by Crippen LogP contribution is -2.31. The molecule has 5 rings (SSSR count). The summed E-state index contributed by atoms with van der Waals surface area (Å²) in [6.07, 6.45) is -0.937. The van der Waals surface area contributed by atoms with Crippen molar-refractivity contribution in [1.82, 2.24) is 19.9 Å². The number of carbonyl (C=O) groups is 1. The number of aromatic nitrogens is 4. The standard InChI is InChI=1S/C26H25ClN6O4/c1-13(18-10-17-11-19(27)21(36-4)12-20(17)31-23(18)34)28-24-29-15(3)30-25(32-24)33-22(14(2)37-26(33)35)16-8-6-5-7-9-16/h5-14,22H,1-4H3,(H,31,34)(H,28,29,30,32)/t13-,14-,22+/m0/s1. The van der Waals surface area contributed by atoms with Gasteiger partial charge in [-0.3, -0.25) is 4.79 Å². The molecule has 0 spiro atoms. The number of aromatic amines is 1. The van der Waals surface area contributed by atoms with Crippen molar-refractivity contribution in [2.24, 2.45) is 0 Å². The molecule has 0 radical (unpaired) electrons. The second kappa shape index (κ2) is 9.70. The van der Waals surface area contributed by atoms with Gasteiger partial charge in [-0.1, -0.05) is 41.9 Å². The van der Waals surface area contributed by atoms with E-state index in [-0.39, 0.29) is 17.5 Å². The summed E-state index contributed by atoms with van der Waals surface area (Å²) in [5.74, 6) is 1.27. The lowest BCUT2D eigenvalue weighted by molar-refractivity contribution is 0.141. The van der Waals surface area contributed by atoms with Crippen molar-refractivity contribution in [3.63, 3.8) is 0 Å². The van der Waals surface area contributed by atoms with Crippen LogP contribution in [-0.4, -0.2) is 39.2 Å². The van der Waals surface area contributed by atoms with Gasteiger partial charge in [0, 0.05) is 17.0 Å². The molecule has 0 aliphatic carbocycles. The summed E-state index contributed by atoms with van der Waals surface area (Å²) in [5, 5.41) is 4.35. The number of halogens is 1. The Kier molecular flexibility index (Phi) is 6.43. The van der Waals surface area contributed by atoms with Crippen LogP contribution >= 0.6 is 11.6 Å². The van der Waals surface area contributed by atoms with Crippen molar-refractivity contribution in [3.8, 4) is 5.75 Å². The SMILES string of the molecule is COc1cc2[nH]c(=O)c([C@H](C)Nc3nc(C)nc(N4C(=O)O[C@@H](C)[C@@H]4c4ccccc4)n3)cc2cc1Cl. The van der Waals surface area contributed by atoms with Crippen LogP contribution in [0.2, 0.25) is 5.02 Å². The molecule has 0 unspecified atom stereocenters. The largest absolute Gasteiger partial charge is 0.495 e. The van der Waals surface area contributed by atoms with Gasteiger partial charge in [0.25, 0.3) is 5.56 Å². The van der Waals surface area contributed by atoms with Gasteiger partial charge in [0.05, 0.1) is 23.7 Å². The molecule has 3 heterocycles. The van der Waals surface area contributed by atoms with Crippen LogP contribution in [0.15, 0.2) is 53.3 Å². The maximum atomic E-state index is 12.9. The fourth-order valence-corrected chi connectivity index (χ4v) is 4.74. The van der Waals surface area contributed by atoms with Crippen LogP contribution in [0.4, 0.5) is 16.7 Å². The highest BCUT2D eigenvalue weighted by Crippen LogP contribution is 2.36. The Morgan fingerprint density at radius 1 is 1.14 bits per heavy atom. The van der Waals surface area contributed by atoms with Crippen LogP contribution in [0.5, 0.6) is 5.75 Å². The van der Waals surface area contributed by atoms with Crippen molar-refractivity contribution < 1.29 is 14.3 Å². The van der Waals surface area contributed by atoms with Gasteiger partial charge >= 0.3 is 6.09 Å². The van der Waals surface area contributed by atoms with E-state index in [1.165, 1.54) is 12.0 Å². The van der Waals surface area contributed by atoms with Gasteiger partial charge in [-0.25, -0.2) is 9.69 Å². The third-order valence-electron chi connectivity index (χ3n) is 6.26. The third kappa shape index (κ3) is 4.67. The van der Waals surface area contributed by atoms with Gasteiger partial charge in [0.15, 0.2) is 0 Å². The van der Waals surface area contributed by atoms with Gasteiger partial charge in [0.1, 0.15) is 23.7 Å². The molecule has 190 valence electrons. The number of ether oxygens (including phenoxy) is 2. The van der Waals surface area contributed by atoms with Gasteiger partial charge < -0.3 is 19.8 Å². The lowest BCUT2D eigenvalue weighted by atomic mass is 10.0. The first-order chi connectivity index (χ1) is 17.7. The molecule has 2 aromatic heterocycles. The van der Waals surface area contributed by atoms with Crippen molar-refractivity contribution in [1.29, 1.82) is 0 Å². The predicted molar refractivity (Wildman–Crippen MR) is 140 cm³/mol. The highest BCUT2D eigenvalue weighted by Gasteiger charge is 2.43. The number of fused-ring (bicyclic) bond motifs is 1. The van der Waals surface area contributed by atoms with Crippen LogP contribution in [0.1, 0.15) is 42.9 Å². The number of carbonyl (C=O) groups excluding carboxylic acids is 1. The summed E-state index contributed by atoms with van der Waals surface area (Å²) in [6, 6.07) is 13.9. The smallest absolute Gasteiger partial charge is 0.417 e. The summed E-state index contributed by atoms with van der Waals surface area (Å²) in [6.45, 7) is 5.36. The molecule has 1 amide bonds. The zero-order valence-electron chi connectivity index (χ0n) is 20.7. The van der Waals surface area contributed by atoms with E-state index in [2.05, 4.69) is 25.3 Å². The topological polar surface area (TPSA) is 122 Å². The lowest BCUT2D eigenvalue weighted by Gasteiger charge is -2.23. The Bertz CT molecular complexity index is 1540. The molecule has 2 N–H and O–H groups in total. The summed E-state index contributed by atoms with van der Waals surface area (Å²) >= 11 is 6.28. The normalized spacial score (nSPS) is 18.1. The molecule has 1 aliphatic rings. The number of cyclic esters (lactones) is 1. The van der Waals surface area contributed by atoms with Crippen LogP contribution in [-0.2, 0) is 4.74 Å². The second-order valence-corrected chi connectivity index (χ2v) is 9.22. The number of pyridine rings is 1. The second-order valence-electron chi connectivity index (χ2n) is 8.81. The van der Waals surface area contributed by atoms with Crippen LogP contribution in [0.3, 0.4) is 0 Å². The monoisotopic (exact) mass is 520 g/mol. The maximum absolute atomic E-state index is 12.9. The number of rotatable bonds is 6. The van der Waals surface area contributed by atoms with E-state index < -0.39 is 24.3 Å². The Hall–Kier alpha value is -4.18. The van der Waals surface area contributed by atoms with E-state index in [0.717, 1.165) is 10.9 Å². The van der Waals surface area contributed by atoms with E-state index in [1.54, 1.807) is 25.1 Å². The number of benzene rings is 2. The maximum Gasteiger partial charge on any atom is 0.417 e. The molecule has 2 aromatic carbocycles. The van der Waals surface area contributed by atoms with Gasteiger partial charge in [-0.05, 0) is 38.5 Å². The van der Waals surface area contributed by atoms with Gasteiger partial charge in [-0.15, -0.1) is 0 Å². The molecule has 10 nitrogen and oxygen atoms in total. The number of H-pyrrole nitrogens is 1. The molecule has 4 aromatic rings. The fraction of sp³-hybridized carbons (Fsp3) is 0.269. The molecule has 1 fully saturated rings. The van der Waals surface area contributed by atoms with E-state index in [4.69, 9.17) is 21.1 Å². The predicted octanol–water partition coefficient (Wildman–Crippen LogP) is 4.94. The summed E-state index contributed by atoms with van der Waals surface area (Å²) in [5.41, 5.74) is 1.70. The number of amides is 1. The van der Waals surface area contributed by atoms with Crippen molar-refractivity contribution >= 4 is 40.5 Å².